The summed E-state index contributed by atoms with van der Waals surface area (Å²) >= 11 is 2.24. The molecule has 1 saturated carbocycles. The second-order valence-corrected chi connectivity index (χ2v) is 8.61. The van der Waals surface area contributed by atoms with Gasteiger partial charge in [-0.05, 0) is 0 Å². The Labute approximate surface area is 133 Å². The van der Waals surface area contributed by atoms with E-state index < -0.39 is 0 Å². The third-order valence-corrected chi connectivity index (χ3v) is 7.98. The Morgan fingerprint density at radius 2 is 2.11 bits per heavy atom. The number of carbonyl (C=O) groups is 1. The van der Waals surface area contributed by atoms with E-state index in [1.165, 1.54) is 19.3 Å². The van der Waals surface area contributed by atoms with Crippen LogP contribution in [0.5, 0.6) is 0 Å². The molecule has 2 aliphatic rings. The maximum atomic E-state index is 12.0. The zero-order valence-electron chi connectivity index (χ0n) is 10.5. The Balaban J connectivity index is 1.85. The topological polar surface area (TPSA) is 57.5 Å². The van der Waals surface area contributed by atoms with Gasteiger partial charge in [0.25, 0.3) is 0 Å². The molecule has 1 aliphatic carbocycles. The van der Waals surface area contributed by atoms with Gasteiger partial charge in [-0.2, -0.15) is 0 Å². The van der Waals surface area contributed by atoms with Gasteiger partial charge >= 0.3 is 134 Å². The molecular weight excluding hydrogens is 460 g/mol. The van der Waals surface area contributed by atoms with Crippen LogP contribution in [0.25, 0.3) is 0 Å². The van der Waals surface area contributed by atoms with E-state index in [0.717, 1.165) is 12.8 Å². The summed E-state index contributed by atoms with van der Waals surface area (Å²) in [6.45, 7) is 2.56. The van der Waals surface area contributed by atoms with Gasteiger partial charge in [0.05, 0.1) is 0 Å². The van der Waals surface area contributed by atoms with Crippen molar-refractivity contribution in [2.24, 2.45) is 5.92 Å². The van der Waals surface area contributed by atoms with Crippen molar-refractivity contribution >= 4 is 28.6 Å². The van der Waals surface area contributed by atoms with Gasteiger partial charge in [0.2, 0.25) is 0 Å². The summed E-state index contributed by atoms with van der Waals surface area (Å²) in [6, 6.07) is 0. The molecule has 4 nitrogen and oxygen atoms in total. The third kappa shape index (κ3) is 4.45. The van der Waals surface area contributed by atoms with Crippen LogP contribution in [-0.2, 0) is 14.3 Å². The van der Waals surface area contributed by atoms with Crippen LogP contribution in [0.1, 0.15) is 39.0 Å². The van der Waals surface area contributed by atoms with Crippen molar-refractivity contribution in [1.82, 2.24) is 3.53 Å². The number of ether oxygens (including phenoxy) is 2. The van der Waals surface area contributed by atoms with Crippen molar-refractivity contribution in [3.63, 3.8) is 0 Å². The Morgan fingerprint density at radius 1 is 1.44 bits per heavy atom. The van der Waals surface area contributed by atoms with E-state index in [1.54, 1.807) is 0 Å². The first-order valence-corrected chi connectivity index (χ1v) is 10.1. The molecule has 0 amide bonds. The van der Waals surface area contributed by atoms with Crippen LogP contribution in [0.2, 0.25) is 0 Å². The van der Waals surface area contributed by atoms with Gasteiger partial charge in [0.1, 0.15) is 0 Å². The number of hydrogen-bond acceptors (Lipinski definition) is 4. The molecular formula is C12H20I2NO3-. The number of hydrogen-bond donors (Lipinski definition) is 1. The van der Waals surface area contributed by atoms with Gasteiger partial charge in [0, 0.05) is 0 Å². The van der Waals surface area contributed by atoms with Gasteiger partial charge in [0.15, 0.2) is 0 Å². The summed E-state index contributed by atoms with van der Waals surface area (Å²) in [5.41, 5.74) is 0. The number of esters is 1. The Kier molecular flexibility index (Phi) is 6.42. The molecule has 0 aromatic carbocycles. The second kappa shape index (κ2) is 7.58. The molecule has 2 rings (SSSR count). The summed E-state index contributed by atoms with van der Waals surface area (Å²) in [6.07, 6.45) is 5.69. The van der Waals surface area contributed by atoms with Gasteiger partial charge in [-0.3, -0.25) is 0 Å². The van der Waals surface area contributed by atoms with Crippen LogP contribution in [0, 0.1) is 5.92 Å². The predicted molar refractivity (Wildman–Crippen MR) is 72.8 cm³/mol. The molecule has 1 heterocycles. The summed E-state index contributed by atoms with van der Waals surface area (Å²) in [5.74, 6) is 0.294. The molecule has 6 heteroatoms. The molecule has 1 N–H and O–H groups in total. The minimum absolute atomic E-state index is 0.0399. The summed E-state index contributed by atoms with van der Waals surface area (Å²) in [4.78, 5) is 12.0. The van der Waals surface area contributed by atoms with Crippen LogP contribution < -0.4 is 25.0 Å². The van der Waals surface area contributed by atoms with E-state index in [4.69, 9.17) is 9.47 Å². The van der Waals surface area contributed by atoms with E-state index in [-0.39, 0.29) is 37.7 Å². The van der Waals surface area contributed by atoms with E-state index in [2.05, 4.69) is 26.1 Å². The Bertz CT molecular complexity index is 280. The van der Waals surface area contributed by atoms with Crippen LogP contribution in [-0.4, -0.2) is 26.8 Å². The van der Waals surface area contributed by atoms with Gasteiger partial charge < -0.3 is 0 Å². The van der Waals surface area contributed by atoms with Crippen LogP contribution in [0.15, 0.2) is 0 Å². The molecule has 106 valence electrons. The fraction of sp³-hybridized carbons (Fsp3) is 0.917. The molecule has 2 fully saturated rings. The van der Waals surface area contributed by atoms with Crippen LogP contribution in [0.3, 0.4) is 0 Å². The standard InChI is InChI=1S/C12H20I2NO3/c1-2-17-12(8-6-4-3-5-7-8)18-11(16)9(13)10-14-15-10/h8-10,12,15H,2-7H2,1H3/q-1. The first-order valence-electron chi connectivity index (χ1n) is 6.56. The van der Waals surface area contributed by atoms with E-state index in [1.807, 2.05) is 6.92 Å². The van der Waals surface area contributed by atoms with Crippen molar-refractivity contribution in [3.05, 3.63) is 0 Å². The predicted octanol–water partition coefficient (Wildman–Crippen LogP) is -0.791. The summed E-state index contributed by atoms with van der Waals surface area (Å²) < 4.78 is 14.9. The Hall–Kier alpha value is 0.850. The van der Waals surface area contributed by atoms with Gasteiger partial charge in [-0.25, -0.2) is 0 Å². The number of rotatable bonds is 6. The molecule has 0 aromatic rings. The summed E-state index contributed by atoms with van der Waals surface area (Å²) in [5, 5.41) is 0. The molecule has 0 radical (unpaired) electrons. The van der Waals surface area contributed by atoms with E-state index in [9.17, 15) is 4.79 Å². The molecule has 0 aromatic heterocycles. The number of halogens is 2. The normalized spacial score (nSPS) is 28.0. The number of carbonyl (C=O) groups excluding carboxylic acids is 1. The van der Waals surface area contributed by atoms with Crippen LogP contribution in [0.4, 0.5) is 0 Å². The zero-order valence-corrected chi connectivity index (χ0v) is 14.8. The van der Waals surface area contributed by atoms with Gasteiger partial charge in [-0.1, -0.05) is 0 Å². The van der Waals surface area contributed by atoms with E-state index >= 15 is 0 Å². The number of alkyl halides is 2. The van der Waals surface area contributed by atoms with Crippen LogP contribution >= 0.6 is 22.6 Å². The molecule has 0 spiro atoms. The molecule has 0 bridgehead atoms. The maximum absolute atomic E-state index is 12.0. The van der Waals surface area contributed by atoms with Crippen molar-refractivity contribution < 1.29 is 35.7 Å². The molecule has 1 saturated heterocycles. The monoisotopic (exact) mass is 480 g/mol. The summed E-state index contributed by atoms with van der Waals surface area (Å²) in [7, 11) is 0. The first kappa shape index (κ1) is 15.2. The fourth-order valence-electron chi connectivity index (χ4n) is 2.28. The second-order valence-electron chi connectivity index (χ2n) is 4.68. The first-order chi connectivity index (χ1) is 8.72. The average molecular weight is 480 g/mol. The van der Waals surface area contributed by atoms with Gasteiger partial charge in [-0.15, -0.1) is 0 Å². The van der Waals surface area contributed by atoms with E-state index in [0.29, 0.717) is 16.6 Å². The quantitative estimate of drug-likeness (QED) is 0.103. The zero-order chi connectivity index (χ0) is 13.0. The van der Waals surface area contributed by atoms with Crippen molar-refractivity contribution in [1.29, 1.82) is 0 Å². The number of nitrogens with one attached hydrogen (secondary N) is 1. The minimum atomic E-state index is -0.322. The van der Waals surface area contributed by atoms with Crippen molar-refractivity contribution in [2.45, 2.75) is 53.3 Å². The molecule has 3 atom stereocenters. The fourth-order valence-corrected chi connectivity index (χ4v) is 5.39. The molecule has 1 aliphatic heterocycles. The molecule has 3 unspecified atom stereocenters. The Morgan fingerprint density at radius 3 is 2.67 bits per heavy atom. The third-order valence-electron chi connectivity index (χ3n) is 3.32. The van der Waals surface area contributed by atoms with Crippen molar-refractivity contribution in [3.8, 4) is 0 Å². The average Bonchev–Trinajstić information content (AvgIpc) is 3.22. The molecule has 18 heavy (non-hydrogen) atoms. The van der Waals surface area contributed by atoms with Crippen molar-refractivity contribution in [2.75, 3.05) is 6.61 Å². The SMILES string of the molecule is CCOC(OC(=O)C(I)C1N[I-]1)C1CCCCC1.